The number of hydrogen-bond acceptors (Lipinski definition) is 6. The fraction of sp³-hybridized carbons (Fsp3) is 0.400. The Balaban J connectivity index is 1.66. The number of para-hydroxylation sites is 1. The molecule has 3 aromatic rings. The van der Waals surface area contributed by atoms with E-state index in [1.807, 2.05) is 25.1 Å². The molecule has 0 bridgehead atoms. The summed E-state index contributed by atoms with van der Waals surface area (Å²) in [6.07, 6.45) is 0.527. The molecule has 29 heavy (non-hydrogen) atoms. The molecular weight excluding hydrogens is 394 g/mol. The van der Waals surface area contributed by atoms with Crippen LogP contribution in [0.3, 0.4) is 0 Å². The van der Waals surface area contributed by atoms with Gasteiger partial charge in [0.25, 0.3) is 5.91 Å². The minimum atomic E-state index is -3.03. The first kappa shape index (κ1) is 19.7. The van der Waals surface area contributed by atoms with E-state index in [1.54, 1.807) is 24.8 Å². The van der Waals surface area contributed by atoms with Crippen LogP contribution in [0.2, 0.25) is 0 Å². The first-order chi connectivity index (χ1) is 13.8. The molecule has 1 amide bonds. The minimum absolute atomic E-state index is 0.0733. The number of amides is 1. The number of hydrogen-bond donors (Lipinski definition) is 1. The Morgan fingerprint density at radius 3 is 2.79 bits per heavy atom. The van der Waals surface area contributed by atoms with Crippen LogP contribution in [0.25, 0.3) is 11.0 Å². The number of fused-ring (bicyclic) bond motifs is 1. The van der Waals surface area contributed by atoms with Crippen molar-refractivity contribution in [2.24, 2.45) is 0 Å². The van der Waals surface area contributed by atoms with Crippen molar-refractivity contribution >= 4 is 32.4 Å². The van der Waals surface area contributed by atoms with Crippen LogP contribution in [0.5, 0.6) is 0 Å². The fourth-order valence-electron chi connectivity index (χ4n) is 3.91. The van der Waals surface area contributed by atoms with Gasteiger partial charge in [-0.3, -0.25) is 9.48 Å². The number of furan rings is 1. The lowest BCUT2D eigenvalue weighted by atomic mass is 10.1. The molecule has 0 saturated carbocycles. The number of benzene rings is 1. The molecule has 0 radical (unpaired) electrons. The Morgan fingerprint density at radius 2 is 2.10 bits per heavy atom. The number of ether oxygens (including phenoxy) is 1. The summed E-state index contributed by atoms with van der Waals surface area (Å²) in [5.74, 6) is 0.0436. The maximum absolute atomic E-state index is 13.0. The van der Waals surface area contributed by atoms with Gasteiger partial charge in [0.15, 0.2) is 15.6 Å². The number of rotatable bonds is 5. The molecule has 1 fully saturated rings. The predicted octanol–water partition coefficient (Wildman–Crippen LogP) is 3.00. The van der Waals surface area contributed by atoms with E-state index in [-0.39, 0.29) is 29.9 Å². The van der Waals surface area contributed by atoms with Crippen molar-refractivity contribution in [2.75, 3.05) is 23.9 Å². The van der Waals surface area contributed by atoms with Gasteiger partial charge >= 0.3 is 0 Å². The SMILES string of the molecule is COCc1c(C(=O)Nc2c(C)nn(C3CCS(=O)(=O)C3)c2C)oc2ccccc12. The second-order valence-electron chi connectivity index (χ2n) is 7.34. The van der Waals surface area contributed by atoms with Crippen molar-refractivity contribution < 1.29 is 22.4 Å². The van der Waals surface area contributed by atoms with Gasteiger partial charge in [-0.2, -0.15) is 5.10 Å². The monoisotopic (exact) mass is 417 g/mol. The summed E-state index contributed by atoms with van der Waals surface area (Å²) in [6.45, 7) is 3.86. The van der Waals surface area contributed by atoms with Gasteiger partial charge in [0.05, 0.1) is 41.2 Å². The number of methoxy groups -OCH3 is 1. The van der Waals surface area contributed by atoms with Crippen molar-refractivity contribution in [1.82, 2.24) is 9.78 Å². The van der Waals surface area contributed by atoms with Gasteiger partial charge in [0.1, 0.15) is 5.58 Å². The molecule has 2 aromatic heterocycles. The molecule has 9 heteroatoms. The third-order valence-corrected chi connectivity index (χ3v) is 7.06. The topological polar surface area (TPSA) is 103 Å². The number of carbonyl (C=O) groups is 1. The number of anilines is 1. The smallest absolute Gasteiger partial charge is 0.291 e. The van der Waals surface area contributed by atoms with Crippen LogP contribution in [0, 0.1) is 13.8 Å². The second kappa shape index (κ2) is 7.31. The quantitative estimate of drug-likeness (QED) is 0.684. The molecule has 154 valence electrons. The highest BCUT2D eigenvalue weighted by Gasteiger charge is 2.32. The summed E-state index contributed by atoms with van der Waals surface area (Å²) < 4.78 is 36.4. The molecule has 3 heterocycles. The maximum atomic E-state index is 13.0. The van der Waals surface area contributed by atoms with Crippen LogP contribution >= 0.6 is 0 Å². The molecule has 1 aromatic carbocycles. The number of aromatic nitrogens is 2. The molecule has 0 spiro atoms. The molecule has 0 aliphatic carbocycles. The molecule has 1 aliphatic heterocycles. The van der Waals surface area contributed by atoms with Crippen molar-refractivity contribution in [2.45, 2.75) is 32.9 Å². The molecule has 1 N–H and O–H groups in total. The van der Waals surface area contributed by atoms with Crippen molar-refractivity contribution in [3.63, 3.8) is 0 Å². The molecule has 1 unspecified atom stereocenters. The summed E-state index contributed by atoms with van der Waals surface area (Å²) in [5.41, 5.74) is 3.23. The molecule has 1 atom stereocenters. The van der Waals surface area contributed by atoms with Gasteiger partial charge in [0, 0.05) is 18.1 Å². The molecule has 8 nitrogen and oxygen atoms in total. The predicted molar refractivity (Wildman–Crippen MR) is 109 cm³/mol. The van der Waals surface area contributed by atoms with Gasteiger partial charge in [-0.05, 0) is 26.3 Å². The highest BCUT2D eigenvalue weighted by atomic mass is 32.2. The van der Waals surface area contributed by atoms with Gasteiger partial charge in [-0.1, -0.05) is 18.2 Å². The van der Waals surface area contributed by atoms with Crippen LogP contribution in [0.15, 0.2) is 28.7 Å². The number of nitrogens with zero attached hydrogens (tertiary/aromatic N) is 2. The van der Waals surface area contributed by atoms with Gasteiger partial charge in [-0.25, -0.2) is 8.42 Å². The van der Waals surface area contributed by atoms with E-state index < -0.39 is 15.7 Å². The van der Waals surface area contributed by atoms with Gasteiger partial charge in [0.2, 0.25) is 0 Å². The van der Waals surface area contributed by atoms with Crippen molar-refractivity contribution in [1.29, 1.82) is 0 Å². The van der Waals surface area contributed by atoms with E-state index in [4.69, 9.17) is 9.15 Å². The number of nitrogens with one attached hydrogen (secondary N) is 1. The largest absolute Gasteiger partial charge is 0.451 e. The lowest BCUT2D eigenvalue weighted by Crippen LogP contribution is -2.16. The van der Waals surface area contributed by atoms with Crippen LogP contribution in [-0.2, 0) is 21.2 Å². The van der Waals surface area contributed by atoms with E-state index in [1.165, 1.54) is 0 Å². The van der Waals surface area contributed by atoms with Gasteiger partial charge < -0.3 is 14.5 Å². The fourth-order valence-corrected chi connectivity index (χ4v) is 5.60. The molecular formula is C20H23N3O5S. The van der Waals surface area contributed by atoms with Gasteiger partial charge in [-0.15, -0.1) is 0 Å². The van der Waals surface area contributed by atoms with Crippen LogP contribution in [0.1, 0.15) is 40.0 Å². The number of sulfone groups is 1. The van der Waals surface area contributed by atoms with Crippen molar-refractivity contribution in [3.05, 3.63) is 47.0 Å². The molecule has 1 saturated heterocycles. The highest BCUT2D eigenvalue weighted by Crippen LogP contribution is 2.31. The minimum Gasteiger partial charge on any atom is -0.451 e. The molecule has 4 rings (SSSR count). The zero-order valence-electron chi connectivity index (χ0n) is 16.6. The summed E-state index contributed by atoms with van der Waals surface area (Å²) in [4.78, 5) is 13.0. The van der Waals surface area contributed by atoms with E-state index in [9.17, 15) is 13.2 Å². The first-order valence-electron chi connectivity index (χ1n) is 9.37. The summed E-state index contributed by atoms with van der Waals surface area (Å²) in [7, 11) is -1.47. The second-order valence-corrected chi connectivity index (χ2v) is 9.57. The lowest BCUT2D eigenvalue weighted by molar-refractivity contribution is 0.0992. The van der Waals surface area contributed by atoms with Crippen LogP contribution in [0.4, 0.5) is 5.69 Å². The number of aryl methyl sites for hydroxylation is 1. The van der Waals surface area contributed by atoms with Crippen LogP contribution < -0.4 is 5.32 Å². The first-order valence-corrected chi connectivity index (χ1v) is 11.2. The Kier molecular flexibility index (Phi) is 4.95. The third-order valence-electron chi connectivity index (χ3n) is 5.31. The van der Waals surface area contributed by atoms with Crippen molar-refractivity contribution in [3.8, 4) is 0 Å². The standard InChI is InChI=1S/C20H23N3O5S/c1-12-18(13(2)23(22-12)14-8-9-29(25,26)11-14)21-20(24)19-16(10-27-3)15-6-4-5-7-17(15)28-19/h4-7,14H,8-11H2,1-3H3,(H,21,24). The average molecular weight is 417 g/mol. The summed E-state index contributed by atoms with van der Waals surface area (Å²) >= 11 is 0. The normalized spacial score (nSPS) is 18.4. The Bertz CT molecular complexity index is 1190. The summed E-state index contributed by atoms with van der Waals surface area (Å²) in [5, 5.41) is 8.22. The third kappa shape index (κ3) is 3.56. The lowest BCUT2D eigenvalue weighted by Gasteiger charge is -2.11. The average Bonchev–Trinajstić information content (AvgIpc) is 3.31. The maximum Gasteiger partial charge on any atom is 0.291 e. The van der Waals surface area contributed by atoms with E-state index >= 15 is 0 Å². The molecule has 1 aliphatic rings. The Morgan fingerprint density at radius 1 is 1.34 bits per heavy atom. The Labute approximate surface area is 168 Å². The Hall–Kier alpha value is -2.65. The zero-order chi connectivity index (χ0) is 20.8. The summed E-state index contributed by atoms with van der Waals surface area (Å²) in [6, 6.07) is 7.21. The zero-order valence-corrected chi connectivity index (χ0v) is 17.4. The number of carbonyl (C=O) groups excluding carboxylic acids is 1. The van der Waals surface area contributed by atoms with E-state index in [0.717, 1.165) is 11.1 Å². The van der Waals surface area contributed by atoms with E-state index in [2.05, 4.69) is 10.4 Å². The highest BCUT2D eigenvalue weighted by molar-refractivity contribution is 7.91. The van der Waals surface area contributed by atoms with E-state index in [0.29, 0.717) is 28.9 Å². The van der Waals surface area contributed by atoms with Crippen LogP contribution in [-0.4, -0.2) is 42.7 Å².